The molecule has 1 aliphatic heterocycles. The van der Waals surface area contributed by atoms with Gasteiger partial charge in [-0.1, -0.05) is 54.7 Å². The van der Waals surface area contributed by atoms with Crippen LogP contribution in [0.1, 0.15) is 71.0 Å². The lowest BCUT2D eigenvalue weighted by Crippen LogP contribution is -2.47. The topological polar surface area (TPSA) is 104 Å². The number of aromatic nitrogens is 2. The molecule has 1 saturated carbocycles. The lowest BCUT2D eigenvalue weighted by Gasteiger charge is -2.32. The van der Waals surface area contributed by atoms with Crippen LogP contribution >= 0.6 is 22.9 Å². The maximum atomic E-state index is 13.0. The van der Waals surface area contributed by atoms with Gasteiger partial charge in [0.15, 0.2) is 0 Å². The minimum atomic E-state index is -0.451. The van der Waals surface area contributed by atoms with Crippen molar-refractivity contribution < 1.29 is 14.4 Å². The first-order valence-corrected chi connectivity index (χ1v) is 12.7. The van der Waals surface area contributed by atoms with E-state index in [9.17, 15) is 14.4 Å². The Labute approximate surface area is 202 Å². The van der Waals surface area contributed by atoms with Crippen molar-refractivity contribution in [2.75, 3.05) is 18.4 Å². The van der Waals surface area contributed by atoms with Gasteiger partial charge in [0.25, 0.3) is 11.8 Å². The summed E-state index contributed by atoms with van der Waals surface area (Å²) in [5.41, 5.74) is 0.536. The zero-order valence-corrected chi connectivity index (χ0v) is 20.0. The Morgan fingerprint density at radius 2 is 1.76 bits per heavy atom. The molecule has 2 heterocycles. The average Bonchev–Trinajstić information content (AvgIpc) is 3.17. The molecule has 1 aromatic carbocycles. The van der Waals surface area contributed by atoms with E-state index in [1.54, 1.807) is 29.2 Å². The fourth-order valence-electron chi connectivity index (χ4n) is 4.41. The highest BCUT2D eigenvalue weighted by molar-refractivity contribution is 7.15. The minimum Gasteiger partial charge on any atom is -0.353 e. The van der Waals surface area contributed by atoms with Crippen molar-refractivity contribution in [3.8, 4) is 0 Å². The number of nitrogens with one attached hydrogen (secondary N) is 2. The number of carbonyl (C=O) groups is 3. The van der Waals surface area contributed by atoms with E-state index in [0.717, 1.165) is 49.9 Å². The predicted molar refractivity (Wildman–Crippen MR) is 128 cm³/mol. The summed E-state index contributed by atoms with van der Waals surface area (Å²) in [6.45, 7) is 0.927. The Balaban J connectivity index is 1.34. The first kappa shape index (κ1) is 23.6. The summed E-state index contributed by atoms with van der Waals surface area (Å²) in [6.07, 6.45) is 8.38. The average molecular weight is 490 g/mol. The molecule has 1 aliphatic carbocycles. The zero-order valence-electron chi connectivity index (χ0n) is 18.4. The Hall–Kier alpha value is -2.52. The lowest BCUT2D eigenvalue weighted by molar-refractivity contribution is -0.127. The van der Waals surface area contributed by atoms with Crippen LogP contribution < -0.4 is 10.6 Å². The second-order valence-electron chi connectivity index (χ2n) is 8.66. The highest BCUT2D eigenvalue weighted by Gasteiger charge is 2.31. The number of carbonyl (C=O) groups excluding carboxylic acids is 3. The van der Waals surface area contributed by atoms with E-state index in [4.69, 9.17) is 11.6 Å². The number of likely N-dealkylation sites (tertiary alicyclic amines) is 1. The van der Waals surface area contributed by atoms with Gasteiger partial charge in [-0.05, 0) is 43.9 Å². The first-order chi connectivity index (χ1) is 16.0. The summed E-state index contributed by atoms with van der Waals surface area (Å²) < 4.78 is 0. The van der Waals surface area contributed by atoms with Gasteiger partial charge >= 0.3 is 0 Å². The molecule has 2 aliphatic rings. The van der Waals surface area contributed by atoms with E-state index in [1.165, 1.54) is 12.8 Å². The molecule has 8 nitrogen and oxygen atoms in total. The third-order valence-electron chi connectivity index (χ3n) is 6.17. The molecule has 4 rings (SSSR count). The normalized spacial score (nSPS) is 19.5. The van der Waals surface area contributed by atoms with Gasteiger partial charge in [-0.2, -0.15) is 0 Å². The number of hydrogen-bond donors (Lipinski definition) is 2. The number of hydrogen-bond acceptors (Lipinski definition) is 6. The van der Waals surface area contributed by atoms with E-state index in [2.05, 4.69) is 20.8 Å². The van der Waals surface area contributed by atoms with Gasteiger partial charge in [0.1, 0.15) is 0 Å². The lowest BCUT2D eigenvalue weighted by atomic mass is 9.96. The molecular formula is C23H28ClN5O3S. The molecule has 1 aromatic heterocycles. The number of benzene rings is 1. The SMILES string of the molecule is O=C(Nc1cccc(Cl)c1)c1nnc(C(=O)N2CCC[C@H](C(=O)NC3CCCCCC3)C2)s1. The molecule has 10 heteroatoms. The highest BCUT2D eigenvalue weighted by atomic mass is 35.5. The number of rotatable bonds is 5. The first-order valence-electron chi connectivity index (χ1n) is 11.5. The van der Waals surface area contributed by atoms with Crippen molar-refractivity contribution in [1.82, 2.24) is 20.4 Å². The number of nitrogens with zero attached hydrogens (tertiary/aromatic N) is 3. The summed E-state index contributed by atoms with van der Waals surface area (Å²) in [5.74, 6) is -0.919. The molecule has 2 N–H and O–H groups in total. The van der Waals surface area contributed by atoms with Crippen LogP contribution in [0.4, 0.5) is 5.69 Å². The third kappa shape index (κ3) is 6.29. The van der Waals surface area contributed by atoms with Gasteiger partial charge < -0.3 is 15.5 Å². The van der Waals surface area contributed by atoms with E-state index >= 15 is 0 Å². The maximum absolute atomic E-state index is 13.0. The number of amides is 3. The number of halogens is 1. The van der Waals surface area contributed by atoms with Crippen molar-refractivity contribution in [3.63, 3.8) is 0 Å². The van der Waals surface area contributed by atoms with Gasteiger partial charge in [0.2, 0.25) is 15.9 Å². The maximum Gasteiger partial charge on any atom is 0.286 e. The molecule has 1 saturated heterocycles. The standard InChI is InChI=1S/C23H28ClN5O3S/c24-16-8-5-11-18(13-16)26-20(31)21-27-28-22(33-21)23(32)29-12-6-7-15(14-29)19(30)25-17-9-3-1-2-4-10-17/h5,8,11,13,15,17H,1-4,6-7,9-10,12,14H2,(H,25,30)(H,26,31)/t15-/m0/s1. The number of anilines is 1. The molecular weight excluding hydrogens is 462 g/mol. The van der Waals surface area contributed by atoms with Crippen LogP contribution in [0.5, 0.6) is 0 Å². The monoisotopic (exact) mass is 489 g/mol. The summed E-state index contributed by atoms with van der Waals surface area (Å²) >= 11 is 6.89. The van der Waals surface area contributed by atoms with Crippen LogP contribution in [0.2, 0.25) is 5.02 Å². The predicted octanol–water partition coefficient (Wildman–Crippen LogP) is 4.14. The van der Waals surface area contributed by atoms with Gasteiger partial charge in [-0.25, -0.2) is 0 Å². The molecule has 0 bridgehead atoms. The van der Waals surface area contributed by atoms with Crippen LogP contribution in [0, 0.1) is 5.92 Å². The van der Waals surface area contributed by atoms with Gasteiger partial charge in [-0.3, -0.25) is 14.4 Å². The molecule has 176 valence electrons. The molecule has 2 fully saturated rings. The zero-order chi connectivity index (χ0) is 23.2. The molecule has 0 radical (unpaired) electrons. The fraction of sp³-hybridized carbons (Fsp3) is 0.522. The van der Waals surface area contributed by atoms with Crippen LogP contribution in [-0.2, 0) is 4.79 Å². The highest BCUT2D eigenvalue weighted by Crippen LogP contribution is 2.23. The molecule has 33 heavy (non-hydrogen) atoms. The Bertz CT molecular complexity index is 1010. The van der Waals surface area contributed by atoms with Crippen molar-refractivity contribution in [1.29, 1.82) is 0 Å². The second kappa shape index (κ2) is 11.1. The molecule has 2 aromatic rings. The smallest absolute Gasteiger partial charge is 0.286 e. The van der Waals surface area contributed by atoms with Crippen LogP contribution in [0.15, 0.2) is 24.3 Å². The fourth-order valence-corrected chi connectivity index (χ4v) is 5.30. The quantitative estimate of drug-likeness (QED) is 0.614. The van der Waals surface area contributed by atoms with Gasteiger partial charge in [0, 0.05) is 29.8 Å². The Kier molecular flexibility index (Phi) is 7.93. The van der Waals surface area contributed by atoms with Crippen LogP contribution in [0.25, 0.3) is 0 Å². The summed E-state index contributed by atoms with van der Waals surface area (Å²) in [4.78, 5) is 40.0. The summed E-state index contributed by atoms with van der Waals surface area (Å²) in [5, 5.41) is 14.5. The minimum absolute atomic E-state index is 0.0400. The molecule has 1 atom stereocenters. The summed E-state index contributed by atoms with van der Waals surface area (Å²) in [7, 11) is 0. The Morgan fingerprint density at radius 3 is 2.52 bits per heavy atom. The number of piperidine rings is 1. The van der Waals surface area contributed by atoms with E-state index in [1.807, 2.05) is 0 Å². The van der Waals surface area contributed by atoms with Crippen molar-refractivity contribution in [2.45, 2.75) is 57.4 Å². The van der Waals surface area contributed by atoms with E-state index in [-0.39, 0.29) is 33.8 Å². The van der Waals surface area contributed by atoms with Crippen molar-refractivity contribution in [2.24, 2.45) is 5.92 Å². The van der Waals surface area contributed by atoms with Gasteiger partial charge in [-0.15, -0.1) is 10.2 Å². The van der Waals surface area contributed by atoms with Gasteiger partial charge in [0.05, 0.1) is 5.92 Å². The van der Waals surface area contributed by atoms with Crippen LogP contribution in [-0.4, -0.2) is 52.0 Å². The molecule has 0 unspecified atom stereocenters. The van der Waals surface area contributed by atoms with Crippen molar-refractivity contribution in [3.05, 3.63) is 39.3 Å². The Morgan fingerprint density at radius 1 is 1.00 bits per heavy atom. The second-order valence-corrected chi connectivity index (χ2v) is 10.1. The van der Waals surface area contributed by atoms with Crippen molar-refractivity contribution >= 4 is 46.3 Å². The van der Waals surface area contributed by atoms with E-state index < -0.39 is 5.91 Å². The van der Waals surface area contributed by atoms with Crippen LogP contribution in [0.3, 0.4) is 0 Å². The largest absolute Gasteiger partial charge is 0.353 e. The summed E-state index contributed by atoms with van der Waals surface area (Å²) in [6, 6.07) is 7.02. The molecule has 0 spiro atoms. The van der Waals surface area contributed by atoms with E-state index in [0.29, 0.717) is 23.8 Å². The molecule has 3 amide bonds. The third-order valence-corrected chi connectivity index (χ3v) is 7.31.